The summed E-state index contributed by atoms with van der Waals surface area (Å²) in [4.78, 5) is 12.4. The van der Waals surface area contributed by atoms with Gasteiger partial charge in [-0.15, -0.1) is 0 Å². The lowest BCUT2D eigenvalue weighted by Gasteiger charge is -2.25. The summed E-state index contributed by atoms with van der Waals surface area (Å²) in [5.41, 5.74) is 0.449. The largest absolute Gasteiger partial charge is 0.493 e. The van der Waals surface area contributed by atoms with E-state index >= 15 is 0 Å². The Morgan fingerprint density at radius 3 is 2.64 bits per heavy atom. The molecule has 0 bridgehead atoms. The summed E-state index contributed by atoms with van der Waals surface area (Å²) in [5.74, 6) is 0.531. The number of fused-ring (bicyclic) bond motifs is 1. The second-order valence-electron chi connectivity index (χ2n) is 5.51. The molecule has 0 aliphatic rings. The number of amides is 1. The number of carbonyl (C=O) groups is 1. The van der Waals surface area contributed by atoms with Crippen LogP contribution in [0.25, 0.3) is 11.0 Å². The number of furan rings is 1. The molecule has 0 aliphatic carbocycles. The lowest BCUT2D eigenvalue weighted by atomic mass is 9.97. The summed E-state index contributed by atoms with van der Waals surface area (Å²) in [5, 5.41) is 13.9. The molecule has 0 radical (unpaired) electrons. The molecule has 0 spiro atoms. The zero-order chi connectivity index (χ0) is 16.3. The molecule has 1 aromatic heterocycles. The molecule has 2 N–H and O–H groups in total. The van der Waals surface area contributed by atoms with Crippen LogP contribution in [0.15, 0.2) is 22.6 Å². The number of methoxy groups -OCH3 is 1. The van der Waals surface area contributed by atoms with Crippen LogP contribution in [0.4, 0.5) is 0 Å². The monoisotopic (exact) mass is 305 g/mol. The zero-order valence-corrected chi connectivity index (χ0v) is 13.5. The highest BCUT2D eigenvalue weighted by molar-refractivity contribution is 6.00. The van der Waals surface area contributed by atoms with Crippen molar-refractivity contribution in [2.45, 2.75) is 39.2 Å². The van der Waals surface area contributed by atoms with Gasteiger partial charge in [0.2, 0.25) is 0 Å². The number of aliphatic hydroxyl groups is 1. The van der Waals surface area contributed by atoms with E-state index in [1.807, 2.05) is 32.9 Å². The maximum Gasteiger partial charge on any atom is 0.287 e. The maximum atomic E-state index is 12.4. The Balaban J connectivity index is 2.27. The first-order valence-corrected chi connectivity index (χ1v) is 7.52. The third kappa shape index (κ3) is 2.95. The number of rotatable bonds is 6. The normalized spacial score (nSPS) is 11.7. The van der Waals surface area contributed by atoms with Crippen molar-refractivity contribution in [3.8, 4) is 5.75 Å². The van der Waals surface area contributed by atoms with Gasteiger partial charge in [-0.2, -0.15) is 0 Å². The van der Waals surface area contributed by atoms with Crippen molar-refractivity contribution in [1.29, 1.82) is 0 Å². The number of para-hydroxylation sites is 1. The van der Waals surface area contributed by atoms with Crippen LogP contribution in [-0.2, 0) is 0 Å². The second kappa shape index (κ2) is 6.40. The quantitative estimate of drug-likeness (QED) is 0.860. The van der Waals surface area contributed by atoms with E-state index in [1.54, 1.807) is 13.2 Å². The van der Waals surface area contributed by atoms with Crippen molar-refractivity contribution in [3.05, 3.63) is 29.5 Å². The van der Waals surface area contributed by atoms with Crippen molar-refractivity contribution in [1.82, 2.24) is 5.32 Å². The highest BCUT2D eigenvalue weighted by Crippen LogP contribution is 2.32. The van der Waals surface area contributed by atoms with Gasteiger partial charge in [0.1, 0.15) is 0 Å². The molecule has 120 valence electrons. The summed E-state index contributed by atoms with van der Waals surface area (Å²) >= 11 is 0. The topological polar surface area (TPSA) is 71.7 Å². The predicted molar refractivity (Wildman–Crippen MR) is 85.4 cm³/mol. The van der Waals surface area contributed by atoms with Gasteiger partial charge in [0.15, 0.2) is 17.1 Å². The Labute approximate surface area is 130 Å². The molecule has 5 heteroatoms. The molecule has 0 atom stereocenters. The van der Waals surface area contributed by atoms with Crippen molar-refractivity contribution in [3.63, 3.8) is 0 Å². The van der Waals surface area contributed by atoms with Crippen LogP contribution >= 0.6 is 0 Å². The van der Waals surface area contributed by atoms with Gasteiger partial charge in [0.25, 0.3) is 5.91 Å². The van der Waals surface area contributed by atoms with E-state index in [4.69, 9.17) is 9.15 Å². The SMILES string of the molecule is CCC(O)(CC)CNC(=O)c1oc2c(OC)cccc2c1C. The second-order valence-corrected chi connectivity index (χ2v) is 5.51. The Morgan fingerprint density at radius 1 is 1.36 bits per heavy atom. The van der Waals surface area contributed by atoms with Crippen molar-refractivity contribution < 1.29 is 19.1 Å². The van der Waals surface area contributed by atoms with E-state index < -0.39 is 5.60 Å². The van der Waals surface area contributed by atoms with Crippen LogP contribution in [0.3, 0.4) is 0 Å². The number of ether oxygens (including phenoxy) is 1. The van der Waals surface area contributed by atoms with Gasteiger partial charge in [0.05, 0.1) is 12.7 Å². The van der Waals surface area contributed by atoms with E-state index in [0.717, 1.165) is 10.9 Å². The molecule has 1 aromatic carbocycles. The molecular weight excluding hydrogens is 282 g/mol. The Kier molecular flexibility index (Phi) is 4.76. The number of carbonyl (C=O) groups excluding carboxylic acids is 1. The zero-order valence-electron chi connectivity index (χ0n) is 13.5. The lowest BCUT2D eigenvalue weighted by Crippen LogP contribution is -2.42. The molecule has 1 heterocycles. The standard InChI is InChI=1S/C17H23NO4/c1-5-17(20,6-2)10-18-16(19)14-11(3)12-8-7-9-13(21-4)15(12)22-14/h7-9,20H,5-6,10H2,1-4H3,(H,18,19). The van der Waals surface area contributed by atoms with Crippen LogP contribution in [0, 0.1) is 6.92 Å². The lowest BCUT2D eigenvalue weighted by molar-refractivity contribution is 0.0310. The molecule has 2 aromatic rings. The Bertz CT molecular complexity index is 671. The Morgan fingerprint density at radius 2 is 2.05 bits per heavy atom. The molecule has 0 fully saturated rings. The van der Waals surface area contributed by atoms with E-state index in [9.17, 15) is 9.90 Å². The number of hydrogen-bond acceptors (Lipinski definition) is 4. The van der Waals surface area contributed by atoms with Crippen LogP contribution in [-0.4, -0.2) is 30.3 Å². The molecule has 0 unspecified atom stereocenters. The number of hydrogen-bond donors (Lipinski definition) is 2. The number of nitrogens with one attached hydrogen (secondary N) is 1. The van der Waals surface area contributed by atoms with E-state index in [1.165, 1.54) is 0 Å². The first kappa shape index (κ1) is 16.4. The average molecular weight is 305 g/mol. The molecular formula is C17H23NO4. The molecule has 2 rings (SSSR count). The van der Waals surface area contributed by atoms with Gasteiger partial charge < -0.3 is 19.6 Å². The van der Waals surface area contributed by atoms with Crippen LogP contribution < -0.4 is 10.1 Å². The van der Waals surface area contributed by atoms with Gasteiger partial charge in [-0.25, -0.2) is 0 Å². The smallest absolute Gasteiger partial charge is 0.287 e. The first-order valence-electron chi connectivity index (χ1n) is 7.52. The van der Waals surface area contributed by atoms with Gasteiger partial charge in [-0.05, 0) is 25.8 Å². The molecule has 5 nitrogen and oxygen atoms in total. The summed E-state index contributed by atoms with van der Waals surface area (Å²) in [7, 11) is 1.56. The summed E-state index contributed by atoms with van der Waals surface area (Å²) in [6.45, 7) is 5.83. The van der Waals surface area contributed by atoms with Crippen LogP contribution in [0.1, 0.15) is 42.8 Å². The van der Waals surface area contributed by atoms with Crippen molar-refractivity contribution >= 4 is 16.9 Å². The minimum absolute atomic E-state index is 0.201. The van der Waals surface area contributed by atoms with Crippen molar-refractivity contribution in [2.24, 2.45) is 0 Å². The fourth-order valence-corrected chi connectivity index (χ4v) is 2.42. The molecule has 22 heavy (non-hydrogen) atoms. The highest BCUT2D eigenvalue weighted by Gasteiger charge is 2.25. The summed E-state index contributed by atoms with van der Waals surface area (Å²) < 4.78 is 11.0. The minimum Gasteiger partial charge on any atom is -0.493 e. The fraction of sp³-hybridized carbons (Fsp3) is 0.471. The minimum atomic E-state index is -0.882. The van der Waals surface area contributed by atoms with Gasteiger partial charge in [-0.1, -0.05) is 26.0 Å². The third-order valence-electron chi connectivity index (χ3n) is 4.25. The summed E-state index contributed by atoms with van der Waals surface area (Å²) in [6.07, 6.45) is 1.16. The molecule has 0 saturated carbocycles. The van der Waals surface area contributed by atoms with E-state index in [-0.39, 0.29) is 18.2 Å². The first-order chi connectivity index (χ1) is 10.5. The van der Waals surface area contributed by atoms with Crippen molar-refractivity contribution in [2.75, 3.05) is 13.7 Å². The third-order valence-corrected chi connectivity index (χ3v) is 4.25. The molecule has 0 aliphatic heterocycles. The van der Waals surface area contributed by atoms with Crippen LogP contribution in [0.2, 0.25) is 0 Å². The van der Waals surface area contributed by atoms with Crippen LogP contribution in [0.5, 0.6) is 5.75 Å². The number of aryl methyl sites for hydroxylation is 1. The van der Waals surface area contributed by atoms with E-state index in [0.29, 0.717) is 24.2 Å². The van der Waals surface area contributed by atoms with Gasteiger partial charge in [0, 0.05) is 17.5 Å². The molecule has 0 saturated heterocycles. The van der Waals surface area contributed by atoms with Gasteiger partial charge >= 0.3 is 0 Å². The Hall–Kier alpha value is -2.01. The van der Waals surface area contributed by atoms with E-state index in [2.05, 4.69) is 5.32 Å². The van der Waals surface area contributed by atoms with Gasteiger partial charge in [-0.3, -0.25) is 4.79 Å². The fourth-order valence-electron chi connectivity index (χ4n) is 2.42. The average Bonchev–Trinajstić information content (AvgIpc) is 2.89. The summed E-state index contributed by atoms with van der Waals surface area (Å²) in [6, 6.07) is 5.54. The predicted octanol–water partition coefficient (Wildman–Crippen LogP) is 3.03. The number of benzene rings is 1. The maximum absolute atomic E-state index is 12.4. The molecule has 1 amide bonds. The highest BCUT2D eigenvalue weighted by atomic mass is 16.5.